The quantitative estimate of drug-likeness (QED) is 0.222. The molecule has 212 valence electrons. The van der Waals surface area contributed by atoms with Gasteiger partial charge in [0.25, 0.3) is 5.91 Å². The number of hydrogen-bond acceptors (Lipinski definition) is 5. The summed E-state index contributed by atoms with van der Waals surface area (Å²) in [6, 6.07) is 5.90. The van der Waals surface area contributed by atoms with E-state index in [1.807, 2.05) is 13.8 Å². The molecule has 2 aromatic rings. The summed E-state index contributed by atoms with van der Waals surface area (Å²) >= 11 is 0. The van der Waals surface area contributed by atoms with Crippen LogP contribution >= 0.6 is 0 Å². The number of esters is 1. The lowest BCUT2D eigenvalue weighted by Crippen LogP contribution is -2.50. The molecular weight excluding hydrogens is 517 g/mol. The highest BCUT2D eigenvalue weighted by atomic mass is 19.4. The van der Waals surface area contributed by atoms with Gasteiger partial charge in [0.2, 0.25) is 11.8 Å². The molecule has 0 bridgehead atoms. The van der Waals surface area contributed by atoms with Crippen molar-refractivity contribution in [1.29, 1.82) is 0 Å². The number of amides is 3. The Bertz CT molecular complexity index is 1190. The van der Waals surface area contributed by atoms with Gasteiger partial charge in [0, 0.05) is 29.8 Å². The zero-order valence-corrected chi connectivity index (χ0v) is 21.9. The summed E-state index contributed by atoms with van der Waals surface area (Å²) in [4.78, 5) is 51.8. The Kier molecular flexibility index (Phi) is 11.3. The fourth-order valence-corrected chi connectivity index (χ4v) is 3.77. The third-order valence-electron chi connectivity index (χ3n) is 5.56. The van der Waals surface area contributed by atoms with Gasteiger partial charge < -0.3 is 26.1 Å². The van der Waals surface area contributed by atoms with Crippen molar-refractivity contribution in [2.75, 3.05) is 6.61 Å². The maximum atomic E-state index is 13.4. The minimum atomic E-state index is -4.59. The Morgan fingerprint density at radius 1 is 1.08 bits per heavy atom. The van der Waals surface area contributed by atoms with E-state index < -0.39 is 47.5 Å². The lowest BCUT2D eigenvalue weighted by molar-refractivity contribution is -0.138. The molecule has 0 saturated carbocycles. The molecule has 9 nitrogen and oxygen atoms in total. The van der Waals surface area contributed by atoms with E-state index >= 15 is 0 Å². The van der Waals surface area contributed by atoms with Crippen molar-refractivity contribution in [2.24, 2.45) is 11.7 Å². The van der Waals surface area contributed by atoms with E-state index in [-0.39, 0.29) is 48.7 Å². The average Bonchev–Trinajstić information content (AvgIpc) is 3.35. The molecule has 2 atom stereocenters. The van der Waals surface area contributed by atoms with Crippen molar-refractivity contribution in [3.8, 4) is 11.3 Å². The minimum Gasteiger partial charge on any atom is -0.463 e. The lowest BCUT2D eigenvalue weighted by Gasteiger charge is -2.23. The Balaban J connectivity index is 2.22. The lowest BCUT2D eigenvalue weighted by atomic mass is 10.0. The van der Waals surface area contributed by atoms with Crippen LogP contribution in [0.4, 0.5) is 13.2 Å². The maximum Gasteiger partial charge on any atom is 0.417 e. The second-order valence-electron chi connectivity index (χ2n) is 9.22. The van der Waals surface area contributed by atoms with Gasteiger partial charge in [0.15, 0.2) is 0 Å². The van der Waals surface area contributed by atoms with Crippen LogP contribution in [0.1, 0.15) is 56.1 Å². The molecule has 39 heavy (non-hydrogen) atoms. The molecule has 0 saturated heterocycles. The SMILES string of the molecule is CCOC(=O)/C=C/C(CCC(N)=O)NC(=O)C(CC(C)C)NC(=O)c1ccc(-c2ccccc2C(F)(F)F)[nH]1. The second-order valence-corrected chi connectivity index (χ2v) is 9.22. The van der Waals surface area contributed by atoms with Crippen molar-refractivity contribution in [3.05, 3.63) is 59.8 Å². The predicted molar refractivity (Wildman–Crippen MR) is 138 cm³/mol. The molecule has 0 aliphatic carbocycles. The molecule has 0 aliphatic rings. The highest BCUT2D eigenvalue weighted by Crippen LogP contribution is 2.36. The van der Waals surface area contributed by atoms with Crippen LogP contribution < -0.4 is 16.4 Å². The Morgan fingerprint density at radius 3 is 2.38 bits per heavy atom. The van der Waals surface area contributed by atoms with E-state index in [2.05, 4.69) is 15.6 Å². The highest BCUT2D eigenvalue weighted by Gasteiger charge is 2.34. The van der Waals surface area contributed by atoms with E-state index in [1.54, 1.807) is 6.92 Å². The summed E-state index contributed by atoms with van der Waals surface area (Å²) in [7, 11) is 0. The number of alkyl halides is 3. The van der Waals surface area contributed by atoms with E-state index in [4.69, 9.17) is 10.5 Å². The average molecular weight is 551 g/mol. The van der Waals surface area contributed by atoms with Crippen LogP contribution in [0, 0.1) is 5.92 Å². The van der Waals surface area contributed by atoms with Gasteiger partial charge in [-0.25, -0.2) is 4.79 Å². The number of aromatic amines is 1. The van der Waals surface area contributed by atoms with Crippen LogP contribution in [-0.2, 0) is 25.3 Å². The van der Waals surface area contributed by atoms with Crippen LogP contribution in [0.5, 0.6) is 0 Å². The zero-order valence-electron chi connectivity index (χ0n) is 21.9. The monoisotopic (exact) mass is 550 g/mol. The zero-order chi connectivity index (χ0) is 29.2. The third kappa shape index (κ3) is 9.95. The number of rotatable bonds is 13. The molecule has 1 heterocycles. The summed E-state index contributed by atoms with van der Waals surface area (Å²) < 4.78 is 45.1. The van der Waals surface area contributed by atoms with E-state index in [9.17, 15) is 32.3 Å². The standard InChI is InChI=1S/C27H33F3N4O5/c1-4-39-24(36)14-10-17(9-13-23(31)35)32-26(38)22(15-16(2)3)34-25(37)21-12-11-20(33-21)18-7-5-6-8-19(18)27(28,29)30/h5-8,10-12,14,16-17,22,33H,4,9,13,15H2,1-3H3,(H2,31,35)(H,32,38)(H,34,37)/b14-10+. The molecule has 1 aromatic heterocycles. The van der Waals surface area contributed by atoms with E-state index in [1.165, 1.54) is 36.4 Å². The second kappa shape index (κ2) is 14.2. The van der Waals surface area contributed by atoms with Gasteiger partial charge in [-0.15, -0.1) is 0 Å². The van der Waals surface area contributed by atoms with Crippen molar-refractivity contribution in [3.63, 3.8) is 0 Å². The van der Waals surface area contributed by atoms with Crippen LogP contribution in [0.2, 0.25) is 0 Å². The summed E-state index contributed by atoms with van der Waals surface area (Å²) in [6.07, 6.45) is -1.79. The normalized spacial score (nSPS) is 13.2. The summed E-state index contributed by atoms with van der Waals surface area (Å²) in [5, 5.41) is 5.31. The molecule has 12 heteroatoms. The minimum absolute atomic E-state index is 0.0157. The van der Waals surface area contributed by atoms with Crippen LogP contribution in [-0.4, -0.2) is 47.4 Å². The van der Waals surface area contributed by atoms with Crippen LogP contribution in [0.25, 0.3) is 11.3 Å². The summed E-state index contributed by atoms with van der Waals surface area (Å²) in [5.41, 5.74) is 4.31. The number of primary amides is 1. The third-order valence-corrected chi connectivity index (χ3v) is 5.56. The highest BCUT2D eigenvalue weighted by molar-refractivity contribution is 5.97. The fourth-order valence-electron chi connectivity index (χ4n) is 3.77. The predicted octanol–water partition coefficient (Wildman–Crippen LogP) is 3.71. The topological polar surface area (TPSA) is 143 Å². The van der Waals surface area contributed by atoms with Gasteiger partial charge >= 0.3 is 12.1 Å². The number of benzene rings is 1. The fraction of sp³-hybridized carbons (Fsp3) is 0.407. The van der Waals surface area contributed by atoms with Gasteiger partial charge in [0.1, 0.15) is 11.7 Å². The van der Waals surface area contributed by atoms with Crippen molar-refractivity contribution >= 4 is 23.7 Å². The van der Waals surface area contributed by atoms with Crippen molar-refractivity contribution < 1.29 is 37.1 Å². The molecule has 0 aliphatic heterocycles. The molecule has 0 spiro atoms. The number of halogens is 3. The molecule has 5 N–H and O–H groups in total. The van der Waals surface area contributed by atoms with Gasteiger partial charge in [0.05, 0.1) is 12.2 Å². The molecule has 2 unspecified atom stereocenters. The number of ether oxygens (including phenoxy) is 1. The number of H-pyrrole nitrogens is 1. The van der Waals surface area contributed by atoms with Gasteiger partial charge in [-0.3, -0.25) is 14.4 Å². The number of nitrogens with one attached hydrogen (secondary N) is 3. The molecule has 0 radical (unpaired) electrons. The number of carbonyl (C=O) groups excluding carboxylic acids is 4. The first-order valence-electron chi connectivity index (χ1n) is 12.4. The Morgan fingerprint density at radius 2 is 1.77 bits per heavy atom. The van der Waals surface area contributed by atoms with Gasteiger partial charge in [-0.2, -0.15) is 13.2 Å². The molecular formula is C27H33F3N4O5. The van der Waals surface area contributed by atoms with Crippen LogP contribution in [0.3, 0.4) is 0 Å². The maximum absolute atomic E-state index is 13.4. The van der Waals surface area contributed by atoms with E-state index in [0.717, 1.165) is 12.1 Å². The number of aromatic nitrogens is 1. The Hall–Kier alpha value is -4.09. The smallest absolute Gasteiger partial charge is 0.417 e. The van der Waals surface area contributed by atoms with Crippen molar-refractivity contribution in [1.82, 2.24) is 15.6 Å². The molecule has 2 rings (SSSR count). The van der Waals surface area contributed by atoms with E-state index in [0.29, 0.717) is 0 Å². The molecule has 3 amide bonds. The molecule has 1 aromatic carbocycles. The first-order valence-corrected chi connectivity index (χ1v) is 12.4. The number of carbonyl (C=O) groups is 4. The number of hydrogen-bond donors (Lipinski definition) is 4. The van der Waals surface area contributed by atoms with Gasteiger partial charge in [-0.05, 0) is 43.9 Å². The van der Waals surface area contributed by atoms with Gasteiger partial charge in [-0.1, -0.05) is 38.1 Å². The Labute approximate surface area is 224 Å². The molecule has 0 fully saturated rings. The summed E-state index contributed by atoms with van der Waals surface area (Å²) in [6.45, 7) is 5.49. The first kappa shape index (κ1) is 31.1. The van der Waals surface area contributed by atoms with Crippen molar-refractivity contribution in [2.45, 2.75) is 58.3 Å². The van der Waals surface area contributed by atoms with Crippen LogP contribution in [0.15, 0.2) is 48.6 Å². The number of nitrogens with two attached hydrogens (primary N) is 1. The largest absolute Gasteiger partial charge is 0.463 e. The summed E-state index contributed by atoms with van der Waals surface area (Å²) in [5.74, 6) is -2.51. The first-order chi connectivity index (χ1) is 18.3.